The Hall–Kier alpha value is -1.97. The fraction of sp³-hybridized carbons (Fsp3) is 0.357. The minimum absolute atomic E-state index is 0.341. The number of benzene rings is 1. The lowest BCUT2D eigenvalue weighted by atomic mass is 10.0. The van der Waals surface area contributed by atoms with Crippen molar-refractivity contribution in [1.82, 2.24) is 0 Å². The van der Waals surface area contributed by atoms with Gasteiger partial charge in [-0.15, -0.1) is 6.58 Å². The fourth-order valence-electron chi connectivity index (χ4n) is 1.76. The lowest BCUT2D eigenvalue weighted by Crippen LogP contribution is -2.09. The maximum absolute atomic E-state index is 11.1. The summed E-state index contributed by atoms with van der Waals surface area (Å²) in [7, 11) is 3.12. The molecule has 1 rings (SSSR count). The van der Waals surface area contributed by atoms with E-state index in [9.17, 15) is 4.79 Å². The average Bonchev–Trinajstić information content (AvgIpc) is 2.36. The summed E-state index contributed by atoms with van der Waals surface area (Å²) < 4.78 is 15.8. The SMILES string of the molecule is C=CC[C@@H](OC(C)=O)c1cccc(OC)c1OC. The van der Waals surface area contributed by atoms with Crippen LogP contribution in [0.4, 0.5) is 0 Å². The Labute approximate surface area is 107 Å². The molecule has 1 aromatic carbocycles. The normalized spacial score (nSPS) is 11.5. The second-order valence-electron chi connectivity index (χ2n) is 3.71. The van der Waals surface area contributed by atoms with Gasteiger partial charge in [0.05, 0.1) is 14.2 Å². The van der Waals surface area contributed by atoms with Crippen molar-refractivity contribution in [3.8, 4) is 11.5 Å². The van der Waals surface area contributed by atoms with Crippen LogP contribution in [0.5, 0.6) is 11.5 Å². The predicted octanol–water partition coefficient (Wildman–Crippen LogP) is 2.88. The minimum atomic E-state index is -0.412. The molecular weight excluding hydrogens is 232 g/mol. The first-order valence-corrected chi connectivity index (χ1v) is 5.63. The Balaban J connectivity index is 3.17. The molecule has 98 valence electrons. The Morgan fingerprint density at radius 3 is 2.61 bits per heavy atom. The number of para-hydroxylation sites is 1. The number of rotatable bonds is 6. The molecule has 0 saturated heterocycles. The van der Waals surface area contributed by atoms with Crippen LogP contribution in [0, 0.1) is 0 Å². The van der Waals surface area contributed by atoms with Crippen molar-refractivity contribution in [2.45, 2.75) is 19.4 Å². The van der Waals surface area contributed by atoms with E-state index in [1.54, 1.807) is 26.4 Å². The summed E-state index contributed by atoms with van der Waals surface area (Å²) in [5, 5.41) is 0. The van der Waals surface area contributed by atoms with Crippen molar-refractivity contribution in [2.75, 3.05) is 14.2 Å². The van der Waals surface area contributed by atoms with Gasteiger partial charge in [-0.25, -0.2) is 0 Å². The van der Waals surface area contributed by atoms with Crippen LogP contribution in [0.1, 0.15) is 25.0 Å². The van der Waals surface area contributed by atoms with Gasteiger partial charge in [0.25, 0.3) is 0 Å². The van der Waals surface area contributed by atoms with E-state index < -0.39 is 6.10 Å². The first-order valence-electron chi connectivity index (χ1n) is 5.63. The summed E-state index contributed by atoms with van der Waals surface area (Å²) >= 11 is 0. The summed E-state index contributed by atoms with van der Waals surface area (Å²) in [6.07, 6.45) is 1.81. The first kappa shape index (κ1) is 14.1. The van der Waals surface area contributed by atoms with Gasteiger partial charge >= 0.3 is 5.97 Å². The summed E-state index contributed by atoms with van der Waals surface area (Å²) in [5.74, 6) is 0.844. The Morgan fingerprint density at radius 1 is 1.39 bits per heavy atom. The van der Waals surface area contributed by atoms with E-state index in [0.717, 1.165) is 5.56 Å². The zero-order valence-electron chi connectivity index (χ0n) is 10.9. The van der Waals surface area contributed by atoms with Crippen molar-refractivity contribution in [3.05, 3.63) is 36.4 Å². The molecule has 0 amide bonds. The average molecular weight is 250 g/mol. The Kier molecular flexibility index (Phi) is 5.24. The highest BCUT2D eigenvalue weighted by molar-refractivity contribution is 5.66. The van der Waals surface area contributed by atoms with Crippen molar-refractivity contribution >= 4 is 5.97 Å². The molecular formula is C14H18O4. The molecule has 0 aromatic heterocycles. The maximum Gasteiger partial charge on any atom is 0.303 e. The van der Waals surface area contributed by atoms with E-state index in [0.29, 0.717) is 17.9 Å². The first-order chi connectivity index (χ1) is 8.63. The van der Waals surface area contributed by atoms with Crippen LogP contribution in [0.15, 0.2) is 30.9 Å². The number of methoxy groups -OCH3 is 2. The summed E-state index contributed by atoms with van der Waals surface area (Å²) in [6.45, 7) is 5.05. The van der Waals surface area contributed by atoms with Crippen LogP contribution in [0.3, 0.4) is 0 Å². The lowest BCUT2D eigenvalue weighted by molar-refractivity contribution is -0.146. The van der Waals surface area contributed by atoms with E-state index in [4.69, 9.17) is 14.2 Å². The lowest BCUT2D eigenvalue weighted by Gasteiger charge is -2.19. The topological polar surface area (TPSA) is 44.8 Å². The number of ether oxygens (including phenoxy) is 3. The number of hydrogen-bond donors (Lipinski definition) is 0. The second kappa shape index (κ2) is 6.69. The van der Waals surface area contributed by atoms with Crippen LogP contribution in [0.2, 0.25) is 0 Å². The molecule has 0 aliphatic rings. The molecule has 0 fully saturated rings. The largest absolute Gasteiger partial charge is 0.493 e. The zero-order chi connectivity index (χ0) is 13.5. The van der Waals surface area contributed by atoms with Gasteiger partial charge in [0.1, 0.15) is 6.10 Å². The predicted molar refractivity (Wildman–Crippen MR) is 68.9 cm³/mol. The van der Waals surface area contributed by atoms with Gasteiger partial charge in [0.2, 0.25) is 0 Å². The fourth-order valence-corrected chi connectivity index (χ4v) is 1.76. The van der Waals surface area contributed by atoms with Gasteiger partial charge in [-0.2, -0.15) is 0 Å². The highest BCUT2D eigenvalue weighted by Crippen LogP contribution is 2.37. The monoisotopic (exact) mass is 250 g/mol. The summed E-state index contributed by atoms with van der Waals surface area (Å²) in [6, 6.07) is 5.47. The third kappa shape index (κ3) is 3.26. The molecule has 18 heavy (non-hydrogen) atoms. The van der Waals surface area contributed by atoms with E-state index in [-0.39, 0.29) is 5.97 Å². The number of hydrogen-bond acceptors (Lipinski definition) is 4. The molecule has 0 unspecified atom stereocenters. The van der Waals surface area contributed by atoms with E-state index >= 15 is 0 Å². The van der Waals surface area contributed by atoms with Crippen LogP contribution in [-0.4, -0.2) is 20.2 Å². The maximum atomic E-state index is 11.1. The molecule has 0 spiro atoms. The van der Waals surface area contributed by atoms with Crippen LogP contribution in [-0.2, 0) is 9.53 Å². The van der Waals surface area contributed by atoms with Gasteiger partial charge in [-0.05, 0) is 6.07 Å². The van der Waals surface area contributed by atoms with Crippen molar-refractivity contribution in [2.24, 2.45) is 0 Å². The third-order valence-electron chi connectivity index (χ3n) is 2.47. The minimum Gasteiger partial charge on any atom is -0.493 e. The molecule has 0 radical (unpaired) electrons. The summed E-state index contributed by atoms with van der Waals surface area (Å²) in [4.78, 5) is 11.1. The van der Waals surface area contributed by atoms with E-state index in [2.05, 4.69) is 6.58 Å². The molecule has 0 heterocycles. The molecule has 4 heteroatoms. The number of carbonyl (C=O) groups is 1. The Bertz CT molecular complexity index is 426. The van der Waals surface area contributed by atoms with Crippen molar-refractivity contribution in [3.63, 3.8) is 0 Å². The van der Waals surface area contributed by atoms with Crippen molar-refractivity contribution < 1.29 is 19.0 Å². The Morgan fingerprint density at radius 2 is 2.11 bits per heavy atom. The highest BCUT2D eigenvalue weighted by atomic mass is 16.5. The molecule has 0 N–H and O–H groups in total. The molecule has 1 aromatic rings. The standard InChI is InChI=1S/C14H18O4/c1-5-7-12(18-10(2)15)11-8-6-9-13(16-3)14(11)17-4/h5-6,8-9,12H,1,7H2,2-4H3/t12-/m1/s1. The zero-order valence-corrected chi connectivity index (χ0v) is 10.9. The molecule has 0 bridgehead atoms. The van der Waals surface area contributed by atoms with Gasteiger partial charge < -0.3 is 14.2 Å². The number of esters is 1. The van der Waals surface area contributed by atoms with Gasteiger partial charge in [0.15, 0.2) is 11.5 Å². The molecule has 0 aliphatic carbocycles. The smallest absolute Gasteiger partial charge is 0.303 e. The number of carbonyl (C=O) groups excluding carboxylic acids is 1. The molecule has 4 nitrogen and oxygen atoms in total. The molecule has 0 saturated carbocycles. The van der Waals surface area contributed by atoms with Crippen LogP contribution >= 0.6 is 0 Å². The molecule has 1 atom stereocenters. The van der Waals surface area contributed by atoms with Crippen LogP contribution in [0.25, 0.3) is 0 Å². The van der Waals surface area contributed by atoms with Crippen molar-refractivity contribution in [1.29, 1.82) is 0 Å². The third-order valence-corrected chi connectivity index (χ3v) is 2.47. The van der Waals surface area contributed by atoms with Gasteiger partial charge in [0, 0.05) is 18.9 Å². The van der Waals surface area contributed by atoms with Gasteiger partial charge in [-0.3, -0.25) is 4.79 Å². The quantitative estimate of drug-likeness (QED) is 0.575. The highest BCUT2D eigenvalue weighted by Gasteiger charge is 2.20. The van der Waals surface area contributed by atoms with Gasteiger partial charge in [-0.1, -0.05) is 18.2 Å². The molecule has 0 aliphatic heterocycles. The van der Waals surface area contributed by atoms with E-state index in [1.165, 1.54) is 6.92 Å². The second-order valence-corrected chi connectivity index (χ2v) is 3.71. The summed E-state index contributed by atoms with van der Waals surface area (Å²) in [5.41, 5.74) is 0.770. The van der Waals surface area contributed by atoms with E-state index in [1.807, 2.05) is 12.1 Å². The van der Waals surface area contributed by atoms with Crippen LogP contribution < -0.4 is 9.47 Å².